The predicted molar refractivity (Wildman–Crippen MR) is 86.3 cm³/mol. The zero-order chi connectivity index (χ0) is 14.8. The fraction of sp³-hybridized carbons (Fsp3) is 0.647. The number of nitrogens with zero attached hydrogens (tertiary/aromatic N) is 1. The Morgan fingerprint density at radius 3 is 2.45 bits per heavy atom. The highest BCUT2D eigenvalue weighted by molar-refractivity contribution is 5.26. The molecular weight excluding hydrogens is 248 g/mol. The van der Waals surface area contributed by atoms with Gasteiger partial charge in [-0.05, 0) is 63.1 Å². The third-order valence-corrected chi connectivity index (χ3v) is 3.31. The average molecular weight is 278 g/mol. The third-order valence-electron chi connectivity index (χ3n) is 3.31. The molecule has 1 aromatic rings. The van der Waals surface area contributed by atoms with Crippen LogP contribution < -0.4 is 10.1 Å². The molecule has 1 N–H and O–H groups in total. The Bertz CT molecular complexity index is 349. The van der Waals surface area contributed by atoms with Crippen LogP contribution in [0.3, 0.4) is 0 Å². The van der Waals surface area contributed by atoms with Crippen molar-refractivity contribution in [3.05, 3.63) is 29.8 Å². The molecule has 0 saturated carbocycles. The number of hydrogen-bond donors (Lipinski definition) is 1. The van der Waals surface area contributed by atoms with Crippen LogP contribution in [0.5, 0.6) is 5.75 Å². The van der Waals surface area contributed by atoms with Crippen LogP contribution in [0.15, 0.2) is 24.3 Å². The van der Waals surface area contributed by atoms with Crippen molar-refractivity contribution in [2.75, 3.05) is 33.8 Å². The van der Waals surface area contributed by atoms with Crippen molar-refractivity contribution < 1.29 is 4.74 Å². The van der Waals surface area contributed by atoms with Crippen molar-refractivity contribution in [3.63, 3.8) is 0 Å². The monoisotopic (exact) mass is 278 g/mol. The molecule has 0 radical (unpaired) electrons. The van der Waals surface area contributed by atoms with Gasteiger partial charge in [-0.25, -0.2) is 0 Å². The summed E-state index contributed by atoms with van der Waals surface area (Å²) in [6, 6.07) is 8.33. The number of rotatable bonds is 10. The van der Waals surface area contributed by atoms with Gasteiger partial charge in [-0.2, -0.15) is 0 Å². The van der Waals surface area contributed by atoms with Crippen molar-refractivity contribution in [1.82, 2.24) is 10.2 Å². The van der Waals surface area contributed by atoms with Crippen molar-refractivity contribution in [2.24, 2.45) is 5.92 Å². The lowest BCUT2D eigenvalue weighted by molar-refractivity contribution is 0.317. The molecule has 0 aliphatic carbocycles. The molecule has 0 aliphatic rings. The van der Waals surface area contributed by atoms with Gasteiger partial charge < -0.3 is 15.0 Å². The molecule has 0 heterocycles. The molecule has 20 heavy (non-hydrogen) atoms. The normalized spacial score (nSPS) is 11.3. The fourth-order valence-electron chi connectivity index (χ4n) is 2.14. The maximum atomic E-state index is 5.17. The summed E-state index contributed by atoms with van der Waals surface area (Å²) in [5.41, 5.74) is 1.34. The van der Waals surface area contributed by atoms with Crippen LogP contribution in [0.25, 0.3) is 0 Å². The van der Waals surface area contributed by atoms with Gasteiger partial charge in [0.25, 0.3) is 0 Å². The smallest absolute Gasteiger partial charge is 0.118 e. The lowest BCUT2D eigenvalue weighted by Crippen LogP contribution is -2.23. The molecule has 3 nitrogen and oxygen atoms in total. The first-order valence-electron chi connectivity index (χ1n) is 7.64. The van der Waals surface area contributed by atoms with Gasteiger partial charge in [0.2, 0.25) is 0 Å². The highest BCUT2D eigenvalue weighted by atomic mass is 16.5. The first kappa shape index (κ1) is 17.0. The van der Waals surface area contributed by atoms with Crippen LogP contribution in [0, 0.1) is 5.92 Å². The van der Waals surface area contributed by atoms with Crippen LogP contribution in [-0.2, 0) is 6.54 Å². The molecule has 0 saturated heterocycles. The zero-order valence-corrected chi connectivity index (χ0v) is 13.5. The van der Waals surface area contributed by atoms with E-state index in [0.29, 0.717) is 0 Å². The molecule has 0 bridgehead atoms. The summed E-state index contributed by atoms with van der Waals surface area (Å²) >= 11 is 0. The second-order valence-electron chi connectivity index (χ2n) is 5.89. The molecule has 114 valence electrons. The van der Waals surface area contributed by atoms with E-state index in [-0.39, 0.29) is 0 Å². The van der Waals surface area contributed by atoms with Gasteiger partial charge >= 0.3 is 0 Å². The standard InChI is InChI=1S/C17H30N2O/c1-15(2)13-18-11-5-6-12-19(3)14-16-7-9-17(20-4)10-8-16/h7-10,15,18H,5-6,11-14H2,1-4H3. The maximum absolute atomic E-state index is 5.17. The van der Waals surface area contributed by atoms with E-state index in [4.69, 9.17) is 4.74 Å². The van der Waals surface area contributed by atoms with E-state index < -0.39 is 0 Å². The summed E-state index contributed by atoms with van der Waals surface area (Å²) in [6.45, 7) is 8.90. The lowest BCUT2D eigenvalue weighted by Gasteiger charge is -2.17. The highest BCUT2D eigenvalue weighted by Crippen LogP contribution is 2.12. The van der Waals surface area contributed by atoms with Crippen LogP contribution in [0.2, 0.25) is 0 Å². The van der Waals surface area contributed by atoms with Crippen LogP contribution in [0.1, 0.15) is 32.3 Å². The zero-order valence-electron chi connectivity index (χ0n) is 13.5. The summed E-state index contributed by atoms with van der Waals surface area (Å²) in [7, 11) is 3.89. The molecule has 0 unspecified atom stereocenters. The van der Waals surface area contributed by atoms with Crippen molar-refractivity contribution in [3.8, 4) is 5.75 Å². The number of ether oxygens (including phenoxy) is 1. The van der Waals surface area contributed by atoms with Crippen LogP contribution in [0.4, 0.5) is 0 Å². The second kappa shape index (κ2) is 9.78. The maximum Gasteiger partial charge on any atom is 0.118 e. The largest absolute Gasteiger partial charge is 0.497 e. The Hall–Kier alpha value is -1.06. The predicted octanol–water partition coefficient (Wildman–Crippen LogP) is 3.15. The third kappa shape index (κ3) is 7.51. The average Bonchev–Trinajstić information content (AvgIpc) is 2.43. The fourth-order valence-corrected chi connectivity index (χ4v) is 2.14. The van der Waals surface area contributed by atoms with Crippen LogP contribution in [-0.4, -0.2) is 38.7 Å². The Labute approximate surface area is 124 Å². The lowest BCUT2D eigenvalue weighted by atomic mass is 10.2. The minimum atomic E-state index is 0.743. The summed E-state index contributed by atoms with van der Waals surface area (Å²) in [4.78, 5) is 2.38. The van der Waals surface area contributed by atoms with Gasteiger partial charge in [0, 0.05) is 6.54 Å². The van der Waals surface area contributed by atoms with Gasteiger partial charge in [-0.1, -0.05) is 26.0 Å². The number of unbranched alkanes of at least 4 members (excludes halogenated alkanes) is 1. The molecule has 1 aromatic carbocycles. The Morgan fingerprint density at radius 2 is 1.85 bits per heavy atom. The number of methoxy groups -OCH3 is 1. The SMILES string of the molecule is COc1ccc(CN(C)CCCCNCC(C)C)cc1. The van der Waals surface area contributed by atoms with E-state index in [9.17, 15) is 0 Å². The van der Waals surface area contributed by atoms with Gasteiger partial charge in [0.05, 0.1) is 7.11 Å². The van der Waals surface area contributed by atoms with E-state index in [1.165, 1.54) is 18.4 Å². The van der Waals surface area contributed by atoms with Crippen molar-refractivity contribution in [2.45, 2.75) is 33.2 Å². The summed E-state index contributed by atoms with van der Waals surface area (Å²) in [6.07, 6.45) is 2.50. The topological polar surface area (TPSA) is 24.5 Å². The molecule has 3 heteroatoms. The summed E-state index contributed by atoms with van der Waals surface area (Å²) < 4.78 is 5.17. The van der Waals surface area contributed by atoms with Gasteiger partial charge in [-0.3, -0.25) is 0 Å². The number of nitrogens with one attached hydrogen (secondary N) is 1. The molecule has 0 atom stereocenters. The molecule has 0 amide bonds. The van der Waals surface area contributed by atoms with E-state index in [1.807, 2.05) is 12.1 Å². The van der Waals surface area contributed by atoms with E-state index >= 15 is 0 Å². The molecular formula is C17H30N2O. The molecule has 0 fully saturated rings. The van der Waals surface area contributed by atoms with E-state index in [0.717, 1.165) is 37.8 Å². The van der Waals surface area contributed by atoms with Crippen molar-refractivity contribution in [1.29, 1.82) is 0 Å². The minimum absolute atomic E-state index is 0.743. The number of benzene rings is 1. The quantitative estimate of drug-likeness (QED) is 0.665. The van der Waals surface area contributed by atoms with Gasteiger partial charge in [0.15, 0.2) is 0 Å². The Balaban J connectivity index is 2.11. The molecule has 0 aliphatic heterocycles. The van der Waals surface area contributed by atoms with Gasteiger partial charge in [0.1, 0.15) is 5.75 Å². The van der Waals surface area contributed by atoms with Crippen LogP contribution >= 0.6 is 0 Å². The first-order valence-corrected chi connectivity index (χ1v) is 7.64. The summed E-state index contributed by atoms with van der Waals surface area (Å²) in [5, 5.41) is 3.49. The molecule has 1 rings (SSSR count). The highest BCUT2D eigenvalue weighted by Gasteiger charge is 2.01. The minimum Gasteiger partial charge on any atom is -0.497 e. The van der Waals surface area contributed by atoms with E-state index in [2.05, 4.69) is 43.2 Å². The van der Waals surface area contributed by atoms with Crippen molar-refractivity contribution >= 4 is 0 Å². The second-order valence-corrected chi connectivity index (χ2v) is 5.89. The Kier molecular flexibility index (Phi) is 8.31. The summed E-state index contributed by atoms with van der Waals surface area (Å²) in [5.74, 6) is 1.67. The molecule has 0 spiro atoms. The van der Waals surface area contributed by atoms with E-state index in [1.54, 1.807) is 7.11 Å². The molecule has 0 aromatic heterocycles. The van der Waals surface area contributed by atoms with Gasteiger partial charge in [-0.15, -0.1) is 0 Å². The first-order chi connectivity index (χ1) is 9.61. The Morgan fingerprint density at radius 1 is 1.15 bits per heavy atom. The number of hydrogen-bond acceptors (Lipinski definition) is 3.